The van der Waals surface area contributed by atoms with Crippen LogP contribution in [0.4, 0.5) is 4.79 Å². The van der Waals surface area contributed by atoms with E-state index in [1.807, 2.05) is 6.92 Å². The molecule has 0 radical (unpaired) electrons. The summed E-state index contributed by atoms with van der Waals surface area (Å²) in [6, 6.07) is -0.499. The summed E-state index contributed by atoms with van der Waals surface area (Å²) < 4.78 is 30.2. The Hall–Kier alpha value is -2.00. The molecule has 0 spiro atoms. The van der Waals surface area contributed by atoms with Crippen LogP contribution in [0.25, 0.3) is 0 Å². The number of hydrogen-bond acceptors (Lipinski definition) is 6. The lowest BCUT2D eigenvalue weighted by molar-refractivity contribution is 0.149. The van der Waals surface area contributed by atoms with Gasteiger partial charge in [0.15, 0.2) is 0 Å². The minimum Gasteiger partial charge on any atom is -0.380 e. The maximum Gasteiger partial charge on any atom is 0.346 e. The highest BCUT2D eigenvalue weighted by atomic mass is 32.2. The van der Waals surface area contributed by atoms with Crippen molar-refractivity contribution in [1.29, 1.82) is 0 Å². The van der Waals surface area contributed by atoms with Crippen LogP contribution in [0.15, 0.2) is 36.8 Å². The van der Waals surface area contributed by atoms with Gasteiger partial charge in [-0.25, -0.2) is 18.2 Å². The van der Waals surface area contributed by atoms with Crippen molar-refractivity contribution in [2.45, 2.75) is 18.5 Å². The first-order chi connectivity index (χ1) is 11.0. The number of amides is 1. The van der Waals surface area contributed by atoms with E-state index >= 15 is 0 Å². The summed E-state index contributed by atoms with van der Waals surface area (Å²) in [6.07, 6.45) is 5.01. The number of nitrogens with zero attached hydrogens (tertiary/aromatic N) is 4. The summed E-state index contributed by atoms with van der Waals surface area (Å²) >= 11 is 0. The van der Waals surface area contributed by atoms with Crippen LogP contribution in [-0.2, 0) is 14.6 Å². The van der Waals surface area contributed by atoms with Crippen LogP contribution in [-0.4, -0.2) is 66.2 Å². The molecule has 1 aromatic rings. The van der Waals surface area contributed by atoms with Crippen LogP contribution < -0.4 is 0 Å². The van der Waals surface area contributed by atoms with Crippen molar-refractivity contribution in [1.82, 2.24) is 19.7 Å². The number of carbonyl (C=O) groups excluding carboxylic acids is 1. The number of carbonyl (C=O) groups is 1. The van der Waals surface area contributed by atoms with E-state index in [1.54, 1.807) is 12.2 Å². The fourth-order valence-corrected chi connectivity index (χ4v) is 2.62. The third-order valence-corrected chi connectivity index (χ3v) is 4.21. The Kier molecular flexibility index (Phi) is 7.63. The van der Waals surface area contributed by atoms with Crippen LogP contribution >= 0.6 is 0 Å². The monoisotopic (exact) mass is 342 g/mol. The second-order valence-electron chi connectivity index (χ2n) is 4.67. The average Bonchev–Trinajstić information content (AvgIpc) is 3.01. The molecule has 1 aromatic heterocycles. The lowest BCUT2D eigenvalue weighted by Crippen LogP contribution is -2.35. The molecule has 0 saturated heterocycles. The van der Waals surface area contributed by atoms with Crippen LogP contribution in [0.2, 0.25) is 0 Å². The highest BCUT2D eigenvalue weighted by Gasteiger charge is 2.22. The van der Waals surface area contributed by atoms with Gasteiger partial charge in [-0.05, 0) is 6.42 Å². The van der Waals surface area contributed by atoms with E-state index in [4.69, 9.17) is 4.74 Å². The zero-order valence-corrected chi connectivity index (χ0v) is 14.0. The Morgan fingerprint density at radius 1 is 1.35 bits per heavy atom. The van der Waals surface area contributed by atoms with E-state index in [1.165, 1.54) is 4.90 Å². The minimum absolute atomic E-state index is 0.0672. The Bertz CT molecular complexity index is 629. The van der Waals surface area contributed by atoms with Gasteiger partial charge in [-0.3, -0.25) is 0 Å². The van der Waals surface area contributed by atoms with Gasteiger partial charge in [0.2, 0.25) is 9.84 Å². The van der Waals surface area contributed by atoms with E-state index in [2.05, 4.69) is 23.2 Å². The molecule has 23 heavy (non-hydrogen) atoms. The van der Waals surface area contributed by atoms with Crippen molar-refractivity contribution in [2.24, 2.45) is 0 Å². The van der Waals surface area contributed by atoms with Gasteiger partial charge >= 0.3 is 6.03 Å². The van der Waals surface area contributed by atoms with Gasteiger partial charge in [0.1, 0.15) is 6.33 Å². The second-order valence-corrected chi connectivity index (χ2v) is 6.67. The molecule has 0 aliphatic heterocycles. The van der Waals surface area contributed by atoms with E-state index in [-0.39, 0.29) is 30.6 Å². The first kappa shape index (κ1) is 19.0. The molecular formula is C14H22N4O4S. The van der Waals surface area contributed by atoms with E-state index in [0.29, 0.717) is 6.61 Å². The zero-order chi connectivity index (χ0) is 17.3. The van der Waals surface area contributed by atoms with Gasteiger partial charge in [-0.15, -0.1) is 18.3 Å². The number of rotatable bonds is 10. The zero-order valence-electron chi connectivity index (χ0n) is 13.2. The molecule has 0 bridgehead atoms. The summed E-state index contributed by atoms with van der Waals surface area (Å²) in [7, 11) is -3.68. The molecule has 128 valence electrons. The van der Waals surface area contributed by atoms with E-state index in [0.717, 1.165) is 17.4 Å². The van der Waals surface area contributed by atoms with E-state index in [9.17, 15) is 13.2 Å². The third-order valence-electron chi connectivity index (χ3n) is 2.76. The van der Waals surface area contributed by atoms with E-state index < -0.39 is 15.9 Å². The van der Waals surface area contributed by atoms with Gasteiger partial charge in [0.05, 0.1) is 12.4 Å². The molecule has 0 fully saturated rings. The largest absolute Gasteiger partial charge is 0.380 e. The predicted molar refractivity (Wildman–Crippen MR) is 85.9 cm³/mol. The van der Waals surface area contributed by atoms with Gasteiger partial charge < -0.3 is 9.64 Å². The number of sulfone groups is 1. The van der Waals surface area contributed by atoms with Crippen molar-refractivity contribution < 1.29 is 17.9 Å². The molecule has 1 amide bonds. The number of aromatic nitrogens is 3. The second kappa shape index (κ2) is 9.21. The summed E-state index contributed by atoms with van der Waals surface area (Å²) in [5.74, 6) is -0.228. The Balaban J connectivity index is 2.81. The maximum absolute atomic E-state index is 12.2. The molecule has 1 heterocycles. The van der Waals surface area contributed by atoms with Crippen molar-refractivity contribution in [3.63, 3.8) is 0 Å². The highest BCUT2D eigenvalue weighted by Crippen LogP contribution is 2.05. The topological polar surface area (TPSA) is 94.4 Å². The minimum atomic E-state index is -3.68. The molecule has 0 N–H and O–H groups in total. The molecule has 1 rings (SSSR count). The normalized spacial score (nSPS) is 11.2. The molecule has 0 aliphatic rings. The predicted octanol–water partition coefficient (Wildman–Crippen LogP) is 1.12. The van der Waals surface area contributed by atoms with Crippen LogP contribution in [0.3, 0.4) is 0 Å². The third kappa shape index (κ3) is 5.61. The first-order valence-corrected chi connectivity index (χ1v) is 8.84. The lowest BCUT2D eigenvalue weighted by Gasteiger charge is -2.17. The maximum atomic E-state index is 12.2. The fourth-order valence-electron chi connectivity index (χ4n) is 1.68. The molecule has 0 saturated carbocycles. The smallest absolute Gasteiger partial charge is 0.346 e. The molecule has 8 nitrogen and oxygen atoms in total. The first-order valence-electron chi connectivity index (χ1n) is 7.19. The summed E-state index contributed by atoms with van der Waals surface area (Å²) in [6.45, 7) is 10.2. The summed E-state index contributed by atoms with van der Waals surface area (Å²) in [4.78, 5) is 17.4. The van der Waals surface area contributed by atoms with Crippen molar-refractivity contribution in [3.05, 3.63) is 31.6 Å². The molecule has 0 aromatic carbocycles. The molecule has 0 atom stereocenters. The Labute approximate surface area is 136 Å². The van der Waals surface area contributed by atoms with Gasteiger partial charge in [0, 0.05) is 19.7 Å². The molecule has 0 unspecified atom stereocenters. The Morgan fingerprint density at radius 2 is 2.00 bits per heavy atom. The quantitative estimate of drug-likeness (QED) is 0.467. The Morgan fingerprint density at radius 3 is 2.57 bits per heavy atom. The summed E-state index contributed by atoms with van der Waals surface area (Å²) in [5, 5.41) is 3.38. The number of ether oxygens (including phenoxy) is 1. The standard InChI is InChI=1S/C14H22N4O4S/c1-4-7-17(8-5-2)14(19)18-12-15-13(16-18)23(20,21)11-10-22-9-6-3/h4-5,12H,1-2,6-11H2,3H3. The fraction of sp³-hybridized carbons (Fsp3) is 0.500. The summed E-state index contributed by atoms with van der Waals surface area (Å²) in [5.41, 5.74) is 0. The van der Waals surface area contributed by atoms with Crippen LogP contribution in [0.5, 0.6) is 0 Å². The number of hydrogen-bond donors (Lipinski definition) is 0. The molecule has 9 heteroatoms. The average molecular weight is 342 g/mol. The van der Waals surface area contributed by atoms with Gasteiger partial charge in [-0.2, -0.15) is 4.68 Å². The highest BCUT2D eigenvalue weighted by molar-refractivity contribution is 7.91. The van der Waals surface area contributed by atoms with Gasteiger partial charge in [0.25, 0.3) is 5.16 Å². The molecule has 0 aliphatic carbocycles. The van der Waals surface area contributed by atoms with Crippen LogP contribution in [0, 0.1) is 0 Å². The lowest BCUT2D eigenvalue weighted by atomic mass is 10.5. The van der Waals surface area contributed by atoms with Crippen LogP contribution in [0.1, 0.15) is 13.3 Å². The molecular weight excluding hydrogens is 320 g/mol. The van der Waals surface area contributed by atoms with Gasteiger partial charge in [-0.1, -0.05) is 19.1 Å². The van der Waals surface area contributed by atoms with Crippen molar-refractivity contribution in [2.75, 3.05) is 32.1 Å². The SMILES string of the molecule is C=CCN(CC=C)C(=O)n1cnc(S(=O)(=O)CCOCCC)n1. The van der Waals surface area contributed by atoms with Crippen molar-refractivity contribution in [3.8, 4) is 0 Å². The van der Waals surface area contributed by atoms with Crippen molar-refractivity contribution >= 4 is 15.9 Å².